The molecule has 0 radical (unpaired) electrons. The monoisotopic (exact) mass is 304 g/mol. The molecule has 0 aliphatic heterocycles. The van der Waals surface area contributed by atoms with E-state index in [0.717, 1.165) is 16.3 Å². The van der Waals surface area contributed by atoms with Crippen LogP contribution in [0, 0.1) is 0 Å². The van der Waals surface area contributed by atoms with Gasteiger partial charge in [0.2, 0.25) is 0 Å². The number of carbonyl (C=O) groups is 1. The van der Waals surface area contributed by atoms with Crippen LogP contribution in [0.1, 0.15) is 29.8 Å². The molecule has 0 heterocycles. The highest BCUT2D eigenvalue weighted by molar-refractivity contribution is 5.95. The Morgan fingerprint density at radius 1 is 0.870 bits per heavy atom. The van der Waals surface area contributed by atoms with Gasteiger partial charge in [-0.15, -0.1) is 0 Å². The molecule has 0 aliphatic rings. The normalized spacial score (nSPS) is 11.4. The summed E-state index contributed by atoms with van der Waals surface area (Å²) in [5.41, 5.74) is 1.53. The maximum absolute atomic E-state index is 12.3. The van der Waals surface area contributed by atoms with Crippen LogP contribution >= 0.6 is 0 Å². The van der Waals surface area contributed by atoms with Gasteiger partial charge in [-0.2, -0.15) is 0 Å². The van der Waals surface area contributed by atoms with Crippen LogP contribution in [-0.4, -0.2) is 12.6 Å². The molecule has 23 heavy (non-hydrogen) atoms. The van der Waals surface area contributed by atoms with Crippen LogP contribution in [-0.2, 0) is 10.2 Å². The van der Waals surface area contributed by atoms with Gasteiger partial charge in [-0.05, 0) is 28.5 Å². The minimum Gasteiger partial charge on any atom is -0.461 e. The molecule has 3 rings (SSSR count). The van der Waals surface area contributed by atoms with Gasteiger partial charge in [0.1, 0.15) is 6.61 Å². The summed E-state index contributed by atoms with van der Waals surface area (Å²) in [6, 6.07) is 23.8. The van der Waals surface area contributed by atoms with Gasteiger partial charge in [-0.25, -0.2) is 4.79 Å². The maximum atomic E-state index is 12.3. The van der Waals surface area contributed by atoms with Crippen LogP contribution in [0.2, 0.25) is 0 Å². The maximum Gasteiger partial charge on any atom is 0.338 e. The lowest BCUT2D eigenvalue weighted by Crippen LogP contribution is -2.26. The van der Waals surface area contributed by atoms with Gasteiger partial charge < -0.3 is 4.74 Å². The fraction of sp³-hybridized carbons (Fsp3) is 0.190. The Morgan fingerprint density at radius 2 is 1.52 bits per heavy atom. The average Bonchev–Trinajstić information content (AvgIpc) is 2.60. The summed E-state index contributed by atoms with van der Waals surface area (Å²) in [6.45, 7) is 4.51. The van der Waals surface area contributed by atoms with Gasteiger partial charge in [0, 0.05) is 5.41 Å². The van der Waals surface area contributed by atoms with E-state index in [-0.39, 0.29) is 11.4 Å². The molecule has 0 bridgehead atoms. The summed E-state index contributed by atoms with van der Waals surface area (Å²) in [6.07, 6.45) is 0. The Hall–Kier alpha value is -2.61. The highest BCUT2D eigenvalue weighted by Crippen LogP contribution is 2.24. The molecular formula is C21H20O2. The molecule has 0 spiro atoms. The third kappa shape index (κ3) is 3.42. The van der Waals surface area contributed by atoms with Crippen LogP contribution in [0.15, 0.2) is 72.8 Å². The molecule has 0 N–H and O–H groups in total. The summed E-state index contributed by atoms with van der Waals surface area (Å²) >= 11 is 0. The van der Waals surface area contributed by atoms with E-state index in [9.17, 15) is 4.79 Å². The quantitative estimate of drug-likeness (QED) is 0.636. The second-order valence-electron chi connectivity index (χ2n) is 6.39. The van der Waals surface area contributed by atoms with Crippen molar-refractivity contribution < 1.29 is 9.53 Å². The molecule has 0 atom stereocenters. The SMILES string of the molecule is CC(C)(COC(=O)c1ccc2ccccc2c1)c1ccccc1. The third-order valence-corrected chi connectivity index (χ3v) is 4.10. The van der Waals surface area contributed by atoms with Crippen LogP contribution < -0.4 is 0 Å². The lowest BCUT2D eigenvalue weighted by atomic mass is 9.86. The number of hydrogen-bond donors (Lipinski definition) is 0. The number of ether oxygens (including phenoxy) is 1. The minimum absolute atomic E-state index is 0.215. The highest BCUT2D eigenvalue weighted by atomic mass is 16.5. The summed E-state index contributed by atoms with van der Waals surface area (Å²) in [5.74, 6) is -0.278. The van der Waals surface area contributed by atoms with Gasteiger partial charge in [0.05, 0.1) is 5.56 Å². The van der Waals surface area contributed by atoms with Gasteiger partial charge in [-0.3, -0.25) is 0 Å². The summed E-state index contributed by atoms with van der Waals surface area (Å²) in [4.78, 5) is 12.3. The van der Waals surface area contributed by atoms with E-state index < -0.39 is 0 Å². The van der Waals surface area contributed by atoms with Gasteiger partial charge in [0.25, 0.3) is 0 Å². The number of rotatable bonds is 4. The Balaban J connectivity index is 1.73. The molecule has 0 unspecified atom stereocenters. The second-order valence-corrected chi connectivity index (χ2v) is 6.39. The van der Waals surface area contributed by atoms with E-state index in [1.165, 1.54) is 0 Å². The largest absolute Gasteiger partial charge is 0.461 e. The zero-order valence-corrected chi connectivity index (χ0v) is 13.5. The van der Waals surface area contributed by atoms with Crippen molar-refractivity contribution in [1.82, 2.24) is 0 Å². The first-order valence-electron chi connectivity index (χ1n) is 7.78. The molecule has 0 saturated carbocycles. The molecule has 116 valence electrons. The van der Waals surface area contributed by atoms with E-state index in [0.29, 0.717) is 12.2 Å². The number of benzene rings is 3. The number of fused-ring (bicyclic) bond motifs is 1. The predicted molar refractivity (Wildman–Crippen MR) is 93.7 cm³/mol. The predicted octanol–water partition coefficient (Wildman–Crippen LogP) is 4.97. The first kappa shape index (κ1) is 15.3. The van der Waals surface area contributed by atoms with Crippen molar-refractivity contribution in [3.05, 3.63) is 83.9 Å². The van der Waals surface area contributed by atoms with Crippen LogP contribution in [0.4, 0.5) is 0 Å². The van der Waals surface area contributed by atoms with Crippen molar-refractivity contribution in [3.8, 4) is 0 Å². The summed E-state index contributed by atoms with van der Waals surface area (Å²) in [7, 11) is 0. The molecule has 3 aromatic carbocycles. The zero-order valence-electron chi connectivity index (χ0n) is 13.5. The van der Waals surface area contributed by atoms with Crippen LogP contribution in [0.3, 0.4) is 0 Å². The molecule has 3 aromatic rings. The first-order chi connectivity index (χ1) is 11.1. The summed E-state index contributed by atoms with van der Waals surface area (Å²) in [5, 5.41) is 2.16. The number of esters is 1. The molecule has 0 aliphatic carbocycles. The van der Waals surface area contributed by atoms with E-state index in [4.69, 9.17) is 4.74 Å². The molecule has 0 fully saturated rings. The standard InChI is InChI=1S/C21H20O2/c1-21(2,19-10-4-3-5-11-19)15-23-20(22)18-13-12-16-8-6-7-9-17(16)14-18/h3-14H,15H2,1-2H3. The first-order valence-corrected chi connectivity index (χ1v) is 7.78. The lowest BCUT2D eigenvalue weighted by Gasteiger charge is -2.24. The highest BCUT2D eigenvalue weighted by Gasteiger charge is 2.23. The van der Waals surface area contributed by atoms with Crippen LogP contribution in [0.5, 0.6) is 0 Å². The Bertz CT molecular complexity index is 819. The zero-order chi connectivity index (χ0) is 16.3. The van der Waals surface area contributed by atoms with Crippen molar-refractivity contribution in [3.63, 3.8) is 0 Å². The topological polar surface area (TPSA) is 26.3 Å². The fourth-order valence-electron chi connectivity index (χ4n) is 2.62. The van der Waals surface area contributed by atoms with E-state index in [1.807, 2.05) is 60.7 Å². The molecular weight excluding hydrogens is 284 g/mol. The molecule has 0 saturated heterocycles. The molecule has 0 amide bonds. The minimum atomic E-state index is -0.278. The van der Waals surface area contributed by atoms with Gasteiger partial charge >= 0.3 is 5.97 Å². The number of carbonyl (C=O) groups excluding carboxylic acids is 1. The Kier molecular flexibility index (Phi) is 4.16. The average molecular weight is 304 g/mol. The molecule has 2 nitrogen and oxygen atoms in total. The second kappa shape index (κ2) is 6.25. The molecule has 2 heteroatoms. The molecule has 0 aromatic heterocycles. The van der Waals surface area contributed by atoms with Crippen molar-refractivity contribution in [2.45, 2.75) is 19.3 Å². The van der Waals surface area contributed by atoms with Crippen molar-refractivity contribution >= 4 is 16.7 Å². The third-order valence-electron chi connectivity index (χ3n) is 4.10. The van der Waals surface area contributed by atoms with Crippen molar-refractivity contribution in [2.75, 3.05) is 6.61 Å². The van der Waals surface area contributed by atoms with Crippen molar-refractivity contribution in [1.29, 1.82) is 0 Å². The van der Waals surface area contributed by atoms with Gasteiger partial charge in [0.15, 0.2) is 0 Å². The Labute approximate surface area is 136 Å². The summed E-state index contributed by atoms with van der Waals surface area (Å²) < 4.78 is 5.56. The van der Waals surface area contributed by atoms with Gasteiger partial charge in [-0.1, -0.05) is 74.5 Å². The van der Waals surface area contributed by atoms with E-state index >= 15 is 0 Å². The number of hydrogen-bond acceptors (Lipinski definition) is 2. The lowest BCUT2D eigenvalue weighted by molar-refractivity contribution is 0.0427. The van der Waals surface area contributed by atoms with Crippen molar-refractivity contribution in [2.24, 2.45) is 0 Å². The van der Waals surface area contributed by atoms with Crippen LogP contribution in [0.25, 0.3) is 10.8 Å². The smallest absolute Gasteiger partial charge is 0.338 e. The Morgan fingerprint density at radius 3 is 2.26 bits per heavy atom. The van der Waals surface area contributed by atoms with E-state index in [2.05, 4.69) is 26.0 Å². The van der Waals surface area contributed by atoms with E-state index in [1.54, 1.807) is 0 Å². The fourth-order valence-corrected chi connectivity index (χ4v) is 2.62.